The van der Waals surface area contributed by atoms with E-state index in [-0.39, 0.29) is 6.10 Å². The Morgan fingerprint density at radius 1 is 1.47 bits per heavy atom. The lowest BCUT2D eigenvalue weighted by atomic mass is 9.95. The number of rotatable bonds is 4. The van der Waals surface area contributed by atoms with Gasteiger partial charge in [0, 0.05) is 13.2 Å². The molecule has 0 spiro atoms. The van der Waals surface area contributed by atoms with E-state index >= 15 is 0 Å². The predicted octanol–water partition coefficient (Wildman–Crippen LogP) is 1.52. The largest absolute Gasteiger partial charge is 0.379 e. The molecule has 1 aliphatic heterocycles. The SMILES string of the molecule is COC(C(C)C)C1CC2C(C)C2N1C=O. The number of ether oxygens (including phenoxy) is 1. The Kier molecular flexibility index (Phi) is 2.75. The van der Waals surface area contributed by atoms with Crippen LogP contribution in [0, 0.1) is 17.8 Å². The van der Waals surface area contributed by atoms with Crippen LogP contribution in [0.1, 0.15) is 27.2 Å². The summed E-state index contributed by atoms with van der Waals surface area (Å²) in [6, 6.07) is 0.808. The topological polar surface area (TPSA) is 29.5 Å². The molecule has 1 saturated heterocycles. The maximum Gasteiger partial charge on any atom is 0.210 e. The van der Waals surface area contributed by atoms with Crippen molar-refractivity contribution >= 4 is 6.41 Å². The number of piperidine rings is 1. The molecular weight excluding hydrogens is 190 g/mol. The van der Waals surface area contributed by atoms with E-state index in [1.807, 2.05) is 4.90 Å². The quantitative estimate of drug-likeness (QED) is 0.660. The Bertz CT molecular complexity index is 254. The van der Waals surface area contributed by atoms with Crippen LogP contribution in [0.25, 0.3) is 0 Å². The molecule has 0 aromatic rings. The first-order valence-electron chi connectivity index (χ1n) is 5.87. The highest BCUT2D eigenvalue weighted by Crippen LogP contribution is 2.53. The summed E-state index contributed by atoms with van der Waals surface area (Å²) in [5.41, 5.74) is 0. The molecule has 1 aliphatic carbocycles. The second kappa shape index (κ2) is 3.78. The highest BCUT2D eigenvalue weighted by Gasteiger charge is 2.59. The highest BCUT2D eigenvalue weighted by molar-refractivity contribution is 5.52. The number of methoxy groups -OCH3 is 1. The number of hydrogen-bond acceptors (Lipinski definition) is 2. The summed E-state index contributed by atoms with van der Waals surface area (Å²) in [4.78, 5) is 13.1. The summed E-state index contributed by atoms with van der Waals surface area (Å²) >= 11 is 0. The number of carbonyl (C=O) groups excluding carboxylic acids is 1. The number of nitrogens with zero attached hydrogens (tertiary/aromatic N) is 1. The van der Waals surface area contributed by atoms with Crippen LogP contribution >= 0.6 is 0 Å². The molecule has 2 aliphatic rings. The monoisotopic (exact) mass is 211 g/mol. The zero-order chi connectivity index (χ0) is 11.2. The maximum absolute atomic E-state index is 11.1. The van der Waals surface area contributed by atoms with Crippen LogP contribution in [0.5, 0.6) is 0 Å². The van der Waals surface area contributed by atoms with Gasteiger partial charge in [0.05, 0.1) is 12.1 Å². The Morgan fingerprint density at radius 2 is 2.13 bits per heavy atom. The molecule has 0 N–H and O–H groups in total. The zero-order valence-electron chi connectivity index (χ0n) is 10.0. The van der Waals surface area contributed by atoms with E-state index < -0.39 is 0 Å². The van der Waals surface area contributed by atoms with Crippen LogP contribution in [0.2, 0.25) is 0 Å². The molecule has 1 saturated carbocycles. The third-order valence-corrected chi connectivity index (χ3v) is 4.18. The van der Waals surface area contributed by atoms with E-state index in [1.54, 1.807) is 7.11 Å². The van der Waals surface area contributed by atoms with E-state index in [9.17, 15) is 4.79 Å². The first kappa shape index (κ1) is 10.9. The molecule has 3 nitrogen and oxygen atoms in total. The van der Waals surface area contributed by atoms with Gasteiger partial charge in [-0.2, -0.15) is 0 Å². The molecule has 86 valence electrons. The lowest BCUT2D eigenvalue weighted by molar-refractivity contribution is -0.123. The van der Waals surface area contributed by atoms with Gasteiger partial charge in [0.25, 0.3) is 0 Å². The van der Waals surface area contributed by atoms with Crippen molar-refractivity contribution < 1.29 is 9.53 Å². The van der Waals surface area contributed by atoms with Gasteiger partial charge in [-0.3, -0.25) is 4.79 Å². The molecule has 15 heavy (non-hydrogen) atoms. The van der Waals surface area contributed by atoms with Crippen molar-refractivity contribution in [2.75, 3.05) is 7.11 Å². The summed E-state index contributed by atoms with van der Waals surface area (Å²) in [7, 11) is 1.75. The van der Waals surface area contributed by atoms with Gasteiger partial charge in [-0.15, -0.1) is 0 Å². The van der Waals surface area contributed by atoms with Crippen molar-refractivity contribution in [3.63, 3.8) is 0 Å². The standard InChI is InChI=1S/C12H21NO2/c1-7(2)12(15-4)10-5-9-8(3)11(9)13(10)6-14/h6-12H,5H2,1-4H3. The third kappa shape index (κ3) is 1.57. The first-order valence-corrected chi connectivity index (χ1v) is 5.87. The van der Waals surface area contributed by atoms with E-state index in [1.165, 1.54) is 0 Å². The highest BCUT2D eigenvalue weighted by atomic mass is 16.5. The fraction of sp³-hybridized carbons (Fsp3) is 0.917. The van der Waals surface area contributed by atoms with Gasteiger partial charge in [0.15, 0.2) is 0 Å². The molecular formula is C12H21NO2. The first-order chi connectivity index (χ1) is 7.11. The summed E-state index contributed by atoms with van der Waals surface area (Å²) in [5, 5.41) is 0. The molecule has 2 rings (SSSR count). The number of fused-ring (bicyclic) bond motifs is 1. The second-order valence-corrected chi connectivity index (χ2v) is 5.31. The van der Waals surface area contributed by atoms with E-state index in [0.717, 1.165) is 18.7 Å². The van der Waals surface area contributed by atoms with Crippen molar-refractivity contribution in [3.8, 4) is 0 Å². The molecule has 5 atom stereocenters. The number of hydrogen-bond donors (Lipinski definition) is 0. The van der Waals surface area contributed by atoms with Crippen LogP contribution in [0.4, 0.5) is 0 Å². The molecule has 1 amide bonds. The van der Waals surface area contributed by atoms with Gasteiger partial charge < -0.3 is 9.64 Å². The number of likely N-dealkylation sites (tertiary alicyclic amines) is 1. The Hall–Kier alpha value is -0.570. The van der Waals surface area contributed by atoms with Gasteiger partial charge >= 0.3 is 0 Å². The molecule has 0 aromatic carbocycles. The minimum Gasteiger partial charge on any atom is -0.379 e. The summed E-state index contributed by atoms with van der Waals surface area (Å²) < 4.78 is 5.53. The van der Waals surface area contributed by atoms with E-state index in [2.05, 4.69) is 20.8 Å². The second-order valence-electron chi connectivity index (χ2n) is 5.31. The summed E-state index contributed by atoms with van der Waals surface area (Å²) in [5.74, 6) is 1.91. The van der Waals surface area contributed by atoms with E-state index in [4.69, 9.17) is 4.74 Å². The van der Waals surface area contributed by atoms with Crippen LogP contribution in [-0.2, 0) is 9.53 Å². The molecule has 3 heteroatoms. The predicted molar refractivity (Wildman–Crippen MR) is 58.4 cm³/mol. The zero-order valence-corrected chi connectivity index (χ0v) is 10.0. The molecule has 0 radical (unpaired) electrons. The Morgan fingerprint density at radius 3 is 2.60 bits per heavy atom. The van der Waals surface area contributed by atoms with Crippen LogP contribution in [0.15, 0.2) is 0 Å². The minimum absolute atomic E-state index is 0.190. The molecule has 2 fully saturated rings. The van der Waals surface area contributed by atoms with Crippen molar-refractivity contribution in [2.45, 2.75) is 45.4 Å². The van der Waals surface area contributed by atoms with Crippen molar-refractivity contribution in [1.82, 2.24) is 4.90 Å². The van der Waals surface area contributed by atoms with Gasteiger partial charge in [0.2, 0.25) is 6.41 Å². The van der Waals surface area contributed by atoms with Crippen LogP contribution < -0.4 is 0 Å². The molecule has 0 aromatic heterocycles. The fourth-order valence-electron chi connectivity index (χ4n) is 3.32. The number of carbonyl (C=O) groups is 1. The lowest BCUT2D eigenvalue weighted by Crippen LogP contribution is -2.44. The lowest BCUT2D eigenvalue weighted by Gasteiger charge is -2.33. The van der Waals surface area contributed by atoms with E-state index in [0.29, 0.717) is 23.9 Å². The smallest absolute Gasteiger partial charge is 0.210 e. The van der Waals surface area contributed by atoms with Gasteiger partial charge in [-0.1, -0.05) is 20.8 Å². The van der Waals surface area contributed by atoms with Gasteiger partial charge in [0.1, 0.15) is 0 Å². The minimum atomic E-state index is 0.190. The fourth-order valence-corrected chi connectivity index (χ4v) is 3.32. The summed E-state index contributed by atoms with van der Waals surface area (Å²) in [6.45, 7) is 6.55. The van der Waals surface area contributed by atoms with Crippen LogP contribution in [0.3, 0.4) is 0 Å². The van der Waals surface area contributed by atoms with Gasteiger partial charge in [-0.05, 0) is 24.2 Å². The molecule has 1 heterocycles. The average molecular weight is 211 g/mol. The van der Waals surface area contributed by atoms with Crippen LogP contribution in [-0.4, -0.2) is 36.6 Å². The van der Waals surface area contributed by atoms with Crippen molar-refractivity contribution in [2.24, 2.45) is 17.8 Å². The Labute approximate surface area is 91.8 Å². The third-order valence-electron chi connectivity index (χ3n) is 4.18. The van der Waals surface area contributed by atoms with Crippen molar-refractivity contribution in [3.05, 3.63) is 0 Å². The van der Waals surface area contributed by atoms with Gasteiger partial charge in [-0.25, -0.2) is 0 Å². The molecule has 5 unspecified atom stereocenters. The molecule has 0 bridgehead atoms. The average Bonchev–Trinajstić information content (AvgIpc) is 2.68. The summed E-state index contributed by atoms with van der Waals surface area (Å²) in [6.07, 6.45) is 2.34. The Balaban J connectivity index is 2.07. The number of amides is 1. The normalized spacial score (nSPS) is 40.5. The van der Waals surface area contributed by atoms with Crippen molar-refractivity contribution in [1.29, 1.82) is 0 Å². The maximum atomic E-state index is 11.1.